The van der Waals surface area contributed by atoms with Gasteiger partial charge in [-0.2, -0.15) is 4.80 Å². The maximum absolute atomic E-state index is 13.1. The summed E-state index contributed by atoms with van der Waals surface area (Å²) in [4.78, 5) is 16.7. The van der Waals surface area contributed by atoms with Crippen molar-refractivity contribution < 1.29 is 9.18 Å². The minimum Gasteiger partial charge on any atom is -0.301 e. The molecule has 4 rings (SSSR count). The van der Waals surface area contributed by atoms with Crippen molar-refractivity contribution in [1.29, 1.82) is 0 Å². The molecule has 0 bridgehead atoms. The van der Waals surface area contributed by atoms with Gasteiger partial charge in [0.15, 0.2) is 12.1 Å². The molecule has 2 heterocycles. The number of aromatic nitrogens is 4. The van der Waals surface area contributed by atoms with Gasteiger partial charge in [0.25, 0.3) is 0 Å². The van der Waals surface area contributed by atoms with E-state index < -0.39 is 0 Å². The van der Waals surface area contributed by atoms with Crippen LogP contribution in [-0.2, 0) is 0 Å². The molecule has 0 saturated carbocycles. The highest BCUT2D eigenvalue weighted by molar-refractivity contribution is 5.97. The molecule has 0 amide bonds. The monoisotopic (exact) mass is 379 g/mol. The van der Waals surface area contributed by atoms with E-state index in [1.165, 1.54) is 18.5 Å². The van der Waals surface area contributed by atoms with Crippen molar-refractivity contribution in [3.8, 4) is 0 Å². The Balaban J connectivity index is 1.40. The fourth-order valence-electron chi connectivity index (χ4n) is 3.78. The summed E-state index contributed by atoms with van der Waals surface area (Å²) in [5, 5.41) is 12.2. The molecule has 0 N–H and O–H groups in total. The zero-order valence-corrected chi connectivity index (χ0v) is 15.5. The third-order valence-electron chi connectivity index (χ3n) is 5.35. The highest BCUT2D eigenvalue weighted by atomic mass is 19.1. The first-order chi connectivity index (χ1) is 13.7. The highest BCUT2D eigenvalue weighted by Gasteiger charge is 2.28. The third kappa shape index (κ3) is 4.14. The second-order valence-electron chi connectivity index (χ2n) is 7.13. The molecule has 3 aromatic rings. The van der Waals surface area contributed by atoms with Gasteiger partial charge in [-0.25, -0.2) is 4.39 Å². The fraction of sp³-hybridized carbons (Fsp3) is 0.333. The zero-order valence-electron chi connectivity index (χ0n) is 15.5. The molecule has 1 aromatic heterocycles. The standard InChI is InChI=1S/C21H22FN5O/c22-19-8-6-17(7-9-19)21(28)18-10-12-26(13-11-18)14-20(27-24-15-23-25-27)16-4-2-1-3-5-16/h1-9,15,18,20H,10-14H2. The Bertz CT molecular complexity index is 890. The summed E-state index contributed by atoms with van der Waals surface area (Å²) in [6, 6.07) is 16.0. The summed E-state index contributed by atoms with van der Waals surface area (Å²) in [7, 11) is 0. The van der Waals surface area contributed by atoms with Crippen LogP contribution in [0.4, 0.5) is 4.39 Å². The number of benzene rings is 2. The van der Waals surface area contributed by atoms with Crippen LogP contribution in [0.2, 0.25) is 0 Å². The topological polar surface area (TPSA) is 63.9 Å². The average Bonchev–Trinajstić information content (AvgIpc) is 3.28. The first-order valence-electron chi connectivity index (χ1n) is 9.50. The first-order valence-corrected chi connectivity index (χ1v) is 9.50. The zero-order chi connectivity index (χ0) is 19.3. The minimum atomic E-state index is -0.319. The normalized spacial score (nSPS) is 16.8. The molecule has 1 aliphatic rings. The maximum atomic E-state index is 13.1. The Morgan fingerprint density at radius 2 is 1.79 bits per heavy atom. The van der Waals surface area contributed by atoms with Gasteiger partial charge in [-0.15, -0.1) is 10.2 Å². The Morgan fingerprint density at radius 1 is 1.07 bits per heavy atom. The highest BCUT2D eigenvalue weighted by Crippen LogP contribution is 2.25. The van der Waals surface area contributed by atoms with Gasteiger partial charge in [-0.05, 0) is 61.0 Å². The number of Topliss-reactive ketones (excluding diaryl/α,β-unsaturated/α-hetero) is 1. The molecule has 0 spiro atoms. The van der Waals surface area contributed by atoms with E-state index in [9.17, 15) is 9.18 Å². The number of hydrogen-bond acceptors (Lipinski definition) is 5. The number of rotatable bonds is 6. The van der Waals surface area contributed by atoms with Crippen molar-refractivity contribution in [3.63, 3.8) is 0 Å². The predicted molar refractivity (Wildman–Crippen MR) is 102 cm³/mol. The quantitative estimate of drug-likeness (QED) is 0.616. The van der Waals surface area contributed by atoms with Gasteiger partial charge in [0.05, 0.1) is 0 Å². The van der Waals surface area contributed by atoms with Crippen molar-refractivity contribution in [2.75, 3.05) is 19.6 Å². The average molecular weight is 379 g/mol. The second kappa shape index (κ2) is 8.39. The van der Waals surface area contributed by atoms with Crippen LogP contribution >= 0.6 is 0 Å². The number of hydrogen-bond donors (Lipinski definition) is 0. The third-order valence-corrected chi connectivity index (χ3v) is 5.35. The lowest BCUT2D eigenvalue weighted by atomic mass is 9.88. The Morgan fingerprint density at radius 3 is 2.43 bits per heavy atom. The molecular formula is C21H22FN5O. The van der Waals surface area contributed by atoms with Crippen LogP contribution in [0.3, 0.4) is 0 Å². The van der Waals surface area contributed by atoms with Gasteiger partial charge in [0, 0.05) is 18.0 Å². The second-order valence-corrected chi connectivity index (χ2v) is 7.13. The lowest BCUT2D eigenvalue weighted by Gasteiger charge is -2.33. The lowest BCUT2D eigenvalue weighted by Crippen LogP contribution is -2.40. The number of ketones is 1. The molecule has 6 nitrogen and oxygen atoms in total. The van der Waals surface area contributed by atoms with Gasteiger partial charge in [0.2, 0.25) is 0 Å². The minimum absolute atomic E-state index is 0.0126. The van der Waals surface area contributed by atoms with Gasteiger partial charge in [-0.3, -0.25) is 4.79 Å². The fourth-order valence-corrected chi connectivity index (χ4v) is 3.78. The Kier molecular flexibility index (Phi) is 5.53. The summed E-state index contributed by atoms with van der Waals surface area (Å²) < 4.78 is 13.1. The van der Waals surface area contributed by atoms with Crippen LogP contribution in [0.1, 0.15) is 34.8 Å². The number of piperidine rings is 1. The van der Waals surface area contributed by atoms with Crippen LogP contribution in [0.5, 0.6) is 0 Å². The van der Waals surface area contributed by atoms with Crippen LogP contribution in [0.25, 0.3) is 0 Å². The molecule has 0 radical (unpaired) electrons. The number of nitrogens with zero attached hydrogens (tertiary/aromatic N) is 5. The summed E-state index contributed by atoms with van der Waals surface area (Å²) in [5.74, 6) is -0.223. The predicted octanol–water partition coefficient (Wildman–Crippen LogP) is 3.00. The van der Waals surface area contributed by atoms with Gasteiger partial charge < -0.3 is 4.90 Å². The van der Waals surface area contributed by atoms with Crippen molar-refractivity contribution in [2.24, 2.45) is 5.92 Å². The number of carbonyl (C=O) groups is 1. The number of tetrazole rings is 1. The lowest BCUT2D eigenvalue weighted by molar-refractivity contribution is 0.0829. The molecule has 1 unspecified atom stereocenters. The van der Waals surface area contributed by atoms with Crippen LogP contribution in [0, 0.1) is 11.7 Å². The van der Waals surface area contributed by atoms with E-state index in [-0.39, 0.29) is 23.6 Å². The molecule has 28 heavy (non-hydrogen) atoms. The molecule has 144 valence electrons. The molecule has 7 heteroatoms. The number of likely N-dealkylation sites (tertiary alicyclic amines) is 1. The van der Waals surface area contributed by atoms with Gasteiger partial charge in [0.1, 0.15) is 11.9 Å². The van der Waals surface area contributed by atoms with E-state index in [0.29, 0.717) is 5.56 Å². The van der Waals surface area contributed by atoms with E-state index in [1.54, 1.807) is 16.9 Å². The summed E-state index contributed by atoms with van der Waals surface area (Å²) in [6.07, 6.45) is 3.04. The van der Waals surface area contributed by atoms with Gasteiger partial charge in [-0.1, -0.05) is 30.3 Å². The van der Waals surface area contributed by atoms with Crippen molar-refractivity contribution in [3.05, 3.63) is 77.9 Å². The van der Waals surface area contributed by atoms with E-state index in [4.69, 9.17) is 0 Å². The van der Waals surface area contributed by atoms with E-state index >= 15 is 0 Å². The maximum Gasteiger partial charge on any atom is 0.166 e. The molecule has 1 aliphatic heterocycles. The van der Waals surface area contributed by atoms with Crippen LogP contribution in [0.15, 0.2) is 60.9 Å². The molecule has 1 atom stereocenters. The number of halogens is 1. The summed E-state index contributed by atoms with van der Waals surface area (Å²) >= 11 is 0. The van der Waals surface area contributed by atoms with E-state index in [1.807, 2.05) is 18.2 Å². The molecule has 2 aromatic carbocycles. The van der Waals surface area contributed by atoms with Crippen molar-refractivity contribution in [1.82, 2.24) is 25.1 Å². The molecule has 1 fully saturated rings. The Labute approximate surface area is 163 Å². The molecule has 0 aliphatic carbocycles. The van der Waals surface area contributed by atoms with Gasteiger partial charge >= 0.3 is 0 Å². The van der Waals surface area contributed by atoms with Crippen LogP contribution < -0.4 is 0 Å². The van der Waals surface area contributed by atoms with E-state index in [2.05, 4.69) is 32.4 Å². The van der Waals surface area contributed by atoms with Crippen molar-refractivity contribution in [2.45, 2.75) is 18.9 Å². The summed E-state index contributed by atoms with van der Waals surface area (Å²) in [5.41, 5.74) is 1.72. The SMILES string of the molecule is O=C(c1ccc(F)cc1)C1CCN(CC(c2ccccc2)n2ncnn2)CC1. The largest absolute Gasteiger partial charge is 0.301 e. The smallest absolute Gasteiger partial charge is 0.166 e. The molecular weight excluding hydrogens is 357 g/mol. The van der Waals surface area contributed by atoms with Crippen LogP contribution in [-0.4, -0.2) is 50.5 Å². The first kappa shape index (κ1) is 18.4. The summed E-state index contributed by atoms with van der Waals surface area (Å²) in [6.45, 7) is 2.42. The number of carbonyl (C=O) groups excluding carboxylic acids is 1. The molecule has 1 saturated heterocycles. The van der Waals surface area contributed by atoms with Crippen molar-refractivity contribution >= 4 is 5.78 Å². The van der Waals surface area contributed by atoms with E-state index in [0.717, 1.165) is 38.0 Å². The Hall–Kier alpha value is -2.93.